The van der Waals surface area contributed by atoms with Crippen LogP contribution in [0.4, 0.5) is 14.5 Å². The van der Waals surface area contributed by atoms with E-state index in [4.69, 9.17) is 0 Å². The van der Waals surface area contributed by atoms with E-state index in [0.29, 0.717) is 0 Å². The number of benzene rings is 1. The van der Waals surface area contributed by atoms with Crippen molar-refractivity contribution in [3.63, 3.8) is 0 Å². The minimum atomic E-state index is -4.51. The first-order chi connectivity index (χ1) is 9.83. The van der Waals surface area contributed by atoms with Crippen LogP contribution in [0.25, 0.3) is 0 Å². The molecule has 0 saturated carbocycles. The molecule has 21 heavy (non-hydrogen) atoms. The zero-order chi connectivity index (χ0) is 15.5. The minimum Gasteiger partial charge on any atom is -0.384 e. The van der Waals surface area contributed by atoms with Crippen molar-refractivity contribution in [2.24, 2.45) is 5.41 Å². The van der Waals surface area contributed by atoms with Crippen molar-refractivity contribution < 1.29 is 17.2 Å². The van der Waals surface area contributed by atoms with Crippen molar-refractivity contribution in [3.05, 3.63) is 24.3 Å². The van der Waals surface area contributed by atoms with Gasteiger partial charge in [-0.3, -0.25) is 0 Å². The van der Waals surface area contributed by atoms with E-state index in [2.05, 4.69) is 17.6 Å². The van der Waals surface area contributed by atoms with Gasteiger partial charge in [-0.15, -0.1) is 0 Å². The Morgan fingerprint density at radius 2 is 2.00 bits per heavy atom. The zero-order valence-corrected chi connectivity index (χ0v) is 12.7. The first kappa shape index (κ1) is 16.2. The molecule has 2 N–H and O–H groups in total. The quantitative estimate of drug-likeness (QED) is 0.876. The average Bonchev–Trinajstić information content (AvgIpc) is 2.46. The maximum atomic E-state index is 12.4. The molecular weight excluding hydrogens is 298 g/mol. The molecule has 1 aliphatic heterocycles. The van der Waals surface area contributed by atoms with Crippen LogP contribution in [-0.2, 0) is 9.84 Å². The summed E-state index contributed by atoms with van der Waals surface area (Å²) in [5, 5.41) is 6.59. The van der Waals surface area contributed by atoms with E-state index in [1.165, 1.54) is 24.3 Å². The van der Waals surface area contributed by atoms with Gasteiger partial charge in [0, 0.05) is 18.8 Å². The van der Waals surface area contributed by atoms with Gasteiger partial charge in [-0.05, 0) is 49.1 Å². The predicted molar refractivity (Wildman–Crippen MR) is 78.3 cm³/mol. The fourth-order valence-electron chi connectivity index (χ4n) is 2.45. The molecule has 1 saturated heterocycles. The van der Waals surface area contributed by atoms with Gasteiger partial charge in [0.05, 0.1) is 4.90 Å². The van der Waals surface area contributed by atoms with Gasteiger partial charge >= 0.3 is 5.76 Å². The van der Waals surface area contributed by atoms with Gasteiger partial charge in [0.1, 0.15) is 0 Å². The Hall–Kier alpha value is -1.21. The molecule has 0 radical (unpaired) electrons. The lowest BCUT2D eigenvalue weighted by Gasteiger charge is -2.34. The molecule has 0 spiro atoms. The molecule has 1 unspecified atom stereocenters. The highest BCUT2D eigenvalue weighted by molar-refractivity contribution is 7.91. The Morgan fingerprint density at radius 3 is 2.52 bits per heavy atom. The fraction of sp³-hybridized carbons (Fsp3) is 0.571. The third kappa shape index (κ3) is 3.91. The molecule has 2 rings (SSSR count). The number of piperidine rings is 1. The molecule has 1 aliphatic rings. The summed E-state index contributed by atoms with van der Waals surface area (Å²) in [4.78, 5) is -0.353. The van der Waals surface area contributed by atoms with Crippen LogP contribution < -0.4 is 10.6 Å². The third-order valence-corrected chi connectivity index (χ3v) is 5.22. The molecule has 1 heterocycles. The molecular formula is C14H20F2N2O2S. The second-order valence-electron chi connectivity index (χ2n) is 5.77. The maximum absolute atomic E-state index is 12.4. The Bertz CT molecular complexity index is 567. The summed E-state index contributed by atoms with van der Waals surface area (Å²) in [5.74, 6) is -3.39. The summed E-state index contributed by atoms with van der Waals surface area (Å²) in [5.41, 5.74) is 0.876. The van der Waals surface area contributed by atoms with Crippen molar-refractivity contribution in [1.82, 2.24) is 5.32 Å². The summed E-state index contributed by atoms with van der Waals surface area (Å²) in [6, 6.07) is 5.47. The SMILES string of the molecule is CC1(CNc2ccc(S(=O)(=O)C(F)F)cc2)CCCNC1. The standard InChI is InChI=1S/C14H20F2N2O2S/c1-14(7-2-8-17-9-14)10-18-11-3-5-12(6-4-11)21(19,20)13(15)16/h3-6,13,17-18H,2,7-10H2,1H3. The normalized spacial score (nSPS) is 23.2. The number of nitrogens with one attached hydrogen (secondary N) is 2. The molecule has 7 heteroatoms. The fourth-order valence-corrected chi connectivity index (χ4v) is 3.17. The van der Waals surface area contributed by atoms with Crippen LogP contribution in [-0.4, -0.2) is 33.8 Å². The lowest BCUT2D eigenvalue weighted by Crippen LogP contribution is -2.42. The van der Waals surface area contributed by atoms with Gasteiger partial charge in [-0.25, -0.2) is 8.42 Å². The Morgan fingerprint density at radius 1 is 1.33 bits per heavy atom. The number of anilines is 1. The highest BCUT2D eigenvalue weighted by Gasteiger charge is 2.27. The monoisotopic (exact) mass is 318 g/mol. The van der Waals surface area contributed by atoms with Crippen molar-refractivity contribution in [1.29, 1.82) is 0 Å². The van der Waals surface area contributed by atoms with E-state index in [0.717, 1.165) is 38.2 Å². The maximum Gasteiger partial charge on any atom is 0.341 e. The molecule has 1 fully saturated rings. The highest BCUT2D eigenvalue weighted by Crippen LogP contribution is 2.26. The van der Waals surface area contributed by atoms with Gasteiger partial charge < -0.3 is 10.6 Å². The average molecular weight is 318 g/mol. The molecule has 118 valence electrons. The van der Waals surface area contributed by atoms with E-state index in [-0.39, 0.29) is 10.3 Å². The zero-order valence-electron chi connectivity index (χ0n) is 11.9. The van der Waals surface area contributed by atoms with E-state index in [1.54, 1.807) is 0 Å². The van der Waals surface area contributed by atoms with E-state index in [1.807, 2.05) is 0 Å². The lowest BCUT2D eigenvalue weighted by atomic mass is 9.83. The van der Waals surface area contributed by atoms with Crippen molar-refractivity contribution in [3.8, 4) is 0 Å². The molecule has 4 nitrogen and oxygen atoms in total. The number of alkyl halides is 2. The van der Waals surface area contributed by atoms with Crippen LogP contribution in [0.1, 0.15) is 19.8 Å². The number of sulfone groups is 1. The van der Waals surface area contributed by atoms with Gasteiger partial charge in [-0.2, -0.15) is 8.78 Å². The van der Waals surface area contributed by atoms with Gasteiger partial charge in [-0.1, -0.05) is 6.92 Å². The smallest absolute Gasteiger partial charge is 0.341 e. The van der Waals surface area contributed by atoms with E-state index < -0.39 is 15.6 Å². The lowest BCUT2D eigenvalue weighted by molar-refractivity contribution is 0.234. The number of hydrogen-bond acceptors (Lipinski definition) is 4. The van der Waals surface area contributed by atoms with Gasteiger partial charge in [0.25, 0.3) is 0 Å². The Balaban J connectivity index is 2.00. The van der Waals surface area contributed by atoms with E-state index in [9.17, 15) is 17.2 Å². The largest absolute Gasteiger partial charge is 0.384 e. The molecule has 0 amide bonds. The summed E-state index contributed by atoms with van der Waals surface area (Å²) in [6.07, 6.45) is 2.24. The topological polar surface area (TPSA) is 58.2 Å². The van der Waals surface area contributed by atoms with Gasteiger partial charge in [0.2, 0.25) is 9.84 Å². The molecule has 0 aliphatic carbocycles. The van der Waals surface area contributed by atoms with Crippen LogP contribution in [0.2, 0.25) is 0 Å². The molecule has 1 atom stereocenters. The van der Waals surface area contributed by atoms with E-state index >= 15 is 0 Å². The van der Waals surface area contributed by atoms with Crippen molar-refractivity contribution in [2.45, 2.75) is 30.4 Å². The van der Waals surface area contributed by atoms with Gasteiger partial charge in [0.15, 0.2) is 0 Å². The molecule has 1 aromatic rings. The molecule has 0 bridgehead atoms. The summed E-state index contributed by atoms with van der Waals surface area (Å²) >= 11 is 0. The minimum absolute atomic E-state index is 0.145. The van der Waals surface area contributed by atoms with Crippen LogP contribution >= 0.6 is 0 Å². The molecule has 1 aromatic carbocycles. The summed E-state index contributed by atoms with van der Waals surface area (Å²) in [7, 11) is -4.51. The van der Waals surface area contributed by atoms with Crippen LogP contribution in [0.5, 0.6) is 0 Å². The molecule has 0 aromatic heterocycles. The number of halogens is 2. The Labute approximate surface area is 123 Å². The summed E-state index contributed by atoms with van der Waals surface area (Å²) < 4.78 is 47.5. The Kier molecular flexibility index (Phi) is 4.83. The summed E-state index contributed by atoms with van der Waals surface area (Å²) in [6.45, 7) is 4.90. The highest BCUT2D eigenvalue weighted by atomic mass is 32.2. The first-order valence-corrected chi connectivity index (χ1v) is 8.45. The third-order valence-electron chi connectivity index (χ3n) is 3.82. The first-order valence-electron chi connectivity index (χ1n) is 6.90. The number of rotatable bonds is 5. The van der Waals surface area contributed by atoms with Crippen molar-refractivity contribution >= 4 is 15.5 Å². The van der Waals surface area contributed by atoms with Crippen LogP contribution in [0, 0.1) is 5.41 Å². The second-order valence-corrected chi connectivity index (χ2v) is 7.69. The predicted octanol–water partition coefficient (Wildman–Crippen LogP) is 2.48. The van der Waals surface area contributed by atoms with Crippen molar-refractivity contribution in [2.75, 3.05) is 25.0 Å². The van der Waals surface area contributed by atoms with Crippen LogP contribution in [0.3, 0.4) is 0 Å². The van der Waals surface area contributed by atoms with Crippen LogP contribution in [0.15, 0.2) is 29.2 Å². The number of hydrogen-bond donors (Lipinski definition) is 2. The second kappa shape index (κ2) is 6.27.